The van der Waals surface area contributed by atoms with Crippen molar-refractivity contribution in [1.82, 2.24) is 4.90 Å². The Hall–Kier alpha value is -2.37. The molecule has 3 rings (SSSR count). The Kier molecular flexibility index (Phi) is 6.04. The van der Waals surface area contributed by atoms with Gasteiger partial charge in [0.2, 0.25) is 0 Å². The molecule has 3 N–H and O–H groups in total. The van der Waals surface area contributed by atoms with E-state index in [-0.39, 0.29) is 0 Å². The summed E-state index contributed by atoms with van der Waals surface area (Å²) in [5.74, 6) is 0.433. The van der Waals surface area contributed by atoms with Crippen molar-refractivity contribution in [2.45, 2.75) is 20.0 Å². The molecular weight excluding hydrogens is 312 g/mol. The van der Waals surface area contributed by atoms with Crippen molar-refractivity contribution in [2.75, 3.05) is 31.6 Å². The van der Waals surface area contributed by atoms with E-state index in [0.717, 1.165) is 38.5 Å². The molecular formula is C20H26N4O. The first-order valence-corrected chi connectivity index (χ1v) is 8.70. The SMILES string of the molecule is Cc1ccc(NC(N)=NCc2cccc(CN3CCOCC3)c2)cc1. The number of ether oxygens (including phenoxy) is 1. The van der Waals surface area contributed by atoms with Gasteiger partial charge in [0.25, 0.3) is 0 Å². The minimum atomic E-state index is 0.433. The Morgan fingerprint density at radius 1 is 1.12 bits per heavy atom. The van der Waals surface area contributed by atoms with Gasteiger partial charge in [-0.25, -0.2) is 4.99 Å². The lowest BCUT2D eigenvalue weighted by atomic mass is 10.1. The maximum absolute atomic E-state index is 6.00. The van der Waals surface area contributed by atoms with Gasteiger partial charge in [-0.3, -0.25) is 4.90 Å². The quantitative estimate of drug-likeness (QED) is 0.650. The molecule has 0 amide bonds. The Morgan fingerprint density at radius 2 is 1.84 bits per heavy atom. The van der Waals surface area contributed by atoms with E-state index in [2.05, 4.69) is 46.4 Å². The van der Waals surface area contributed by atoms with Gasteiger partial charge < -0.3 is 15.8 Å². The lowest BCUT2D eigenvalue weighted by Crippen LogP contribution is -2.35. The minimum Gasteiger partial charge on any atom is -0.379 e. The average molecular weight is 338 g/mol. The summed E-state index contributed by atoms with van der Waals surface area (Å²) in [6.07, 6.45) is 0. The number of anilines is 1. The fraction of sp³-hybridized carbons (Fsp3) is 0.350. The third kappa shape index (κ3) is 5.59. The number of nitrogens with one attached hydrogen (secondary N) is 1. The highest BCUT2D eigenvalue weighted by atomic mass is 16.5. The normalized spacial score (nSPS) is 16.0. The number of aliphatic imine (C=N–C) groups is 1. The van der Waals surface area contributed by atoms with Gasteiger partial charge in [-0.05, 0) is 30.2 Å². The van der Waals surface area contributed by atoms with E-state index in [4.69, 9.17) is 10.5 Å². The molecule has 2 aromatic carbocycles. The van der Waals surface area contributed by atoms with Crippen LogP contribution in [-0.2, 0) is 17.8 Å². The summed E-state index contributed by atoms with van der Waals surface area (Å²) >= 11 is 0. The zero-order chi connectivity index (χ0) is 17.5. The van der Waals surface area contributed by atoms with Crippen molar-refractivity contribution < 1.29 is 4.74 Å². The fourth-order valence-electron chi connectivity index (χ4n) is 2.84. The van der Waals surface area contributed by atoms with Crippen LogP contribution in [0.25, 0.3) is 0 Å². The number of guanidine groups is 1. The van der Waals surface area contributed by atoms with Gasteiger partial charge in [-0.1, -0.05) is 42.0 Å². The molecule has 0 unspecified atom stereocenters. The molecule has 0 aromatic heterocycles. The van der Waals surface area contributed by atoms with Crippen LogP contribution in [0.5, 0.6) is 0 Å². The largest absolute Gasteiger partial charge is 0.379 e. The van der Waals surface area contributed by atoms with Crippen LogP contribution in [0, 0.1) is 6.92 Å². The van der Waals surface area contributed by atoms with Crippen molar-refractivity contribution in [3.05, 3.63) is 65.2 Å². The first-order chi connectivity index (χ1) is 12.2. The summed E-state index contributed by atoms with van der Waals surface area (Å²) in [4.78, 5) is 6.87. The third-order valence-electron chi connectivity index (χ3n) is 4.26. The number of benzene rings is 2. The molecule has 25 heavy (non-hydrogen) atoms. The zero-order valence-corrected chi connectivity index (χ0v) is 14.7. The molecule has 0 bridgehead atoms. The smallest absolute Gasteiger partial charge is 0.193 e. The van der Waals surface area contributed by atoms with Gasteiger partial charge in [0.15, 0.2) is 5.96 Å². The Morgan fingerprint density at radius 3 is 2.60 bits per heavy atom. The van der Waals surface area contributed by atoms with Gasteiger partial charge in [0.05, 0.1) is 19.8 Å². The number of nitrogens with two attached hydrogens (primary N) is 1. The molecule has 0 radical (unpaired) electrons. The first kappa shape index (κ1) is 17.5. The number of rotatable bonds is 5. The van der Waals surface area contributed by atoms with E-state index >= 15 is 0 Å². The second-order valence-electron chi connectivity index (χ2n) is 6.40. The number of nitrogens with zero attached hydrogens (tertiary/aromatic N) is 2. The second kappa shape index (κ2) is 8.65. The predicted octanol–water partition coefficient (Wildman–Crippen LogP) is 2.75. The van der Waals surface area contributed by atoms with Gasteiger partial charge in [0, 0.05) is 25.3 Å². The number of hydrogen-bond donors (Lipinski definition) is 2. The number of aryl methyl sites for hydroxylation is 1. The Bertz CT molecular complexity index is 706. The van der Waals surface area contributed by atoms with Gasteiger partial charge in [-0.2, -0.15) is 0 Å². The van der Waals surface area contributed by atoms with Gasteiger partial charge in [-0.15, -0.1) is 0 Å². The van der Waals surface area contributed by atoms with Crippen molar-refractivity contribution in [3.8, 4) is 0 Å². The van der Waals surface area contributed by atoms with E-state index in [9.17, 15) is 0 Å². The molecule has 1 fully saturated rings. The Labute approximate surface area is 149 Å². The summed E-state index contributed by atoms with van der Waals surface area (Å²) in [6.45, 7) is 7.23. The van der Waals surface area contributed by atoms with Crippen molar-refractivity contribution >= 4 is 11.6 Å². The highest BCUT2D eigenvalue weighted by Crippen LogP contribution is 2.11. The molecule has 1 aliphatic heterocycles. The number of hydrogen-bond acceptors (Lipinski definition) is 3. The van der Waals surface area contributed by atoms with Crippen LogP contribution in [0.1, 0.15) is 16.7 Å². The molecule has 0 spiro atoms. The first-order valence-electron chi connectivity index (χ1n) is 8.70. The van der Waals surface area contributed by atoms with Crippen LogP contribution in [0.4, 0.5) is 5.69 Å². The summed E-state index contributed by atoms with van der Waals surface area (Å²) in [7, 11) is 0. The molecule has 0 atom stereocenters. The van der Waals surface area contributed by atoms with Crippen LogP contribution >= 0.6 is 0 Å². The lowest BCUT2D eigenvalue weighted by molar-refractivity contribution is 0.0342. The van der Waals surface area contributed by atoms with Crippen molar-refractivity contribution in [1.29, 1.82) is 0 Å². The van der Waals surface area contributed by atoms with E-state index in [1.54, 1.807) is 0 Å². The van der Waals surface area contributed by atoms with Crippen molar-refractivity contribution in [2.24, 2.45) is 10.7 Å². The fourth-order valence-corrected chi connectivity index (χ4v) is 2.84. The van der Waals surface area contributed by atoms with E-state index < -0.39 is 0 Å². The molecule has 1 heterocycles. The molecule has 132 valence electrons. The van der Waals surface area contributed by atoms with Gasteiger partial charge in [0.1, 0.15) is 0 Å². The summed E-state index contributed by atoms with van der Waals surface area (Å²) in [5, 5.41) is 3.13. The molecule has 5 heteroatoms. The minimum absolute atomic E-state index is 0.433. The summed E-state index contributed by atoms with van der Waals surface area (Å²) < 4.78 is 5.40. The maximum atomic E-state index is 6.00. The molecule has 1 aliphatic rings. The van der Waals surface area contributed by atoms with Crippen molar-refractivity contribution in [3.63, 3.8) is 0 Å². The van der Waals surface area contributed by atoms with E-state index in [1.165, 1.54) is 16.7 Å². The summed E-state index contributed by atoms with van der Waals surface area (Å²) in [6, 6.07) is 16.6. The molecule has 2 aromatic rings. The monoisotopic (exact) mass is 338 g/mol. The molecule has 0 saturated carbocycles. The van der Waals surface area contributed by atoms with Crippen LogP contribution in [0.2, 0.25) is 0 Å². The predicted molar refractivity (Wildman–Crippen MR) is 103 cm³/mol. The molecule has 1 saturated heterocycles. The maximum Gasteiger partial charge on any atom is 0.193 e. The standard InChI is InChI=1S/C20H26N4O/c1-16-5-7-19(8-6-16)23-20(21)22-14-17-3-2-4-18(13-17)15-24-9-11-25-12-10-24/h2-8,13H,9-12,14-15H2,1H3,(H3,21,22,23). The highest BCUT2D eigenvalue weighted by Gasteiger charge is 2.10. The van der Waals surface area contributed by atoms with Crippen LogP contribution in [0.15, 0.2) is 53.5 Å². The lowest BCUT2D eigenvalue weighted by Gasteiger charge is -2.26. The van der Waals surface area contributed by atoms with Crippen LogP contribution < -0.4 is 11.1 Å². The van der Waals surface area contributed by atoms with Crippen LogP contribution in [0.3, 0.4) is 0 Å². The van der Waals surface area contributed by atoms with Crippen LogP contribution in [-0.4, -0.2) is 37.2 Å². The Balaban J connectivity index is 1.56. The average Bonchev–Trinajstić information content (AvgIpc) is 2.63. The summed E-state index contributed by atoms with van der Waals surface area (Å²) in [5.41, 5.74) is 10.6. The third-order valence-corrected chi connectivity index (χ3v) is 4.26. The second-order valence-corrected chi connectivity index (χ2v) is 6.40. The number of morpholine rings is 1. The van der Waals surface area contributed by atoms with Gasteiger partial charge >= 0.3 is 0 Å². The van der Waals surface area contributed by atoms with E-state index in [1.807, 2.05) is 24.3 Å². The zero-order valence-electron chi connectivity index (χ0n) is 14.7. The molecule has 5 nitrogen and oxygen atoms in total. The molecule has 0 aliphatic carbocycles. The highest BCUT2D eigenvalue weighted by molar-refractivity contribution is 5.92. The topological polar surface area (TPSA) is 62.9 Å². The van der Waals surface area contributed by atoms with E-state index in [0.29, 0.717) is 12.5 Å².